The van der Waals surface area contributed by atoms with Gasteiger partial charge in [-0.05, 0) is 51.5 Å². The summed E-state index contributed by atoms with van der Waals surface area (Å²) >= 11 is 0. The van der Waals surface area contributed by atoms with E-state index in [-0.39, 0.29) is 25.0 Å². The summed E-state index contributed by atoms with van der Waals surface area (Å²) in [6, 6.07) is 4.96. The van der Waals surface area contributed by atoms with E-state index in [9.17, 15) is 9.59 Å². The third-order valence-corrected chi connectivity index (χ3v) is 2.87. The molecule has 0 aliphatic carbocycles. The van der Waals surface area contributed by atoms with Crippen LogP contribution in [0.25, 0.3) is 0 Å². The lowest BCUT2D eigenvalue weighted by Crippen LogP contribution is -2.41. The number of hydrogen-bond donors (Lipinski definition) is 2. The maximum absolute atomic E-state index is 11.9. The van der Waals surface area contributed by atoms with Gasteiger partial charge in [-0.15, -0.1) is 0 Å². The second-order valence-corrected chi connectivity index (χ2v) is 6.29. The lowest BCUT2D eigenvalue weighted by atomic mass is 9.96. The molecule has 6 nitrogen and oxygen atoms in total. The van der Waals surface area contributed by atoms with Crippen LogP contribution in [-0.2, 0) is 14.3 Å². The van der Waals surface area contributed by atoms with E-state index < -0.39 is 5.60 Å². The molecule has 1 aromatic carbocycles. The summed E-state index contributed by atoms with van der Waals surface area (Å²) in [5.74, 6) is 0.327. The number of esters is 1. The Morgan fingerprint density at radius 3 is 2.70 bits per heavy atom. The average Bonchev–Trinajstić information content (AvgIpc) is 2.41. The van der Waals surface area contributed by atoms with E-state index >= 15 is 0 Å². The molecule has 0 fully saturated rings. The van der Waals surface area contributed by atoms with Crippen molar-refractivity contribution in [1.29, 1.82) is 0 Å². The molecule has 0 aliphatic rings. The van der Waals surface area contributed by atoms with E-state index in [1.165, 1.54) is 7.41 Å². The highest BCUT2D eigenvalue weighted by molar-refractivity contribution is 6.64. The Morgan fingerprint density at radius 2 is 2.13 bits per heavy atom. The molecular formula is C16H24BN2O4. The van der Waals surface area contributed by atoms with Gasteiger partial charge in [0.2, 0.25) is 0 Å². The Kier molecular flexibility index (Phi) is 7.09. The number of rotatable bonds is 8. The van der Waals surface area contributed by atoms with Crippen LogP contribution in [-0.4, -0.2) is 37.8 Å². The number of carbonyl (C=O) groups excluding carboxylic acids is 2. The van der Waals surface area contributed by atoms with Gasteiger partial charge in [0.1, 0.15) is 18.0 Å². The minimum Gasteiger partial charge on any atom is -0.492 e. The number of carbonyl (C=O) groups is 2. The first-order valence-electron chi connectivity index (χ1n) is 7.45. The van der Waals surface area contributed by atoms with Crippen molar-refractivity contribution in [2.75, 3.05) is 12.3 Å². The molecule has 0 aliphatic heterocycles. The maximum Gasteiger partial charge on any atom is 0.307 e. The lowest BCUT2D eigenvalue weighted by Gasteiger charge is -2.23. The van der Waals surface area contributed by atoms with Crippen molar-refractivity contribution in [3.8, 4) is 5.75 Å². The number of aryl methyl sites for hydroxylation is 1. The van der Waals surface area contributed by atoms with Gasteiger partial charge in [0.25, 0.3) is 7.41 Å². The first-order valence-corrected chi connectivity index (χ1v) is 7.45. The number of nitrogens with two attached hydrogens (primary N) is 1. The summed E-state index contributed by atoms with van der Waals surface area (Å²) in [5, 5.41) is 2.84. The number of anilines is 1. The molecular weight excluding hydrogens is 295 g/mol. The van der Waals surface area contributed by atoms with Crippen LogP contribution in [0.1, 0.15) is 32.8 Å². The highest BCUT2D eigenvalue weighted by Crippen LogP contribution is 2.20. The van der Waals surface area contributed by atoms with Crippen molar-refractivity contribution in [3.05, 3.63) is 23.8 Å². The van der Waals surface area contributed by atoms with Crippen LogP contribution >= 0.6 is 0 Å². The molecule has 125 valence electrons. The molecule has 0 heterocycles. The second-order valence-electron chi connectivity index (χ2n) is 6.29. The molecule has 0 spiro atoms. The molecule has 1 rings (SSSR count). The van der Waals surface area contributed by atoms with Gasteiger partial charge in [-0.25, -0.2) is 0 Å². The first-order chi connectivity index (χ1) is 10.7. The van der Waals surface area contributed by atoms with Gasteiger partial charge in [0.05, 0.1) is 12.6 Å². The zero-order valence-electron chi connectivity index (χ0n) is 14.1. The van der Waals surface area contributed by atoms with Crippen LogP contribution < -0.4 is 15.7 Å². The quantitative estimate of drug-likeness (QED) is 0.326. The summed E-state index contributed by atoms with van der Waals surface area (Å²) in [4.78, 5) is 22.4. The Hall–Kier alpha value is -2.02. The summed E-state index contributed by atoms with van der Waals surface area (Å²) < 4.78 is 11.0. The Morgan fingerprint density at radius 1 is 1.43 bits per heavy atom. The van der Waals surface area contributed by atoms with E-state index in [4.69, 9.17) is 15.2 Å². The van der Waals surface area contributed by atoms with Gasteiger partial charge in [0.15, 0.2) is 0 Å². The van der Waals surface area contributed by atoms with Gasteiger partial charge in [-0.2, -0.15) is 0 Å². The van der Waals surface area contributed by atoms with E-state index in [2.05, 4.69) is 5.23 Å². The van der Waals surface area contributed by atoms with Crippen molar-refractivity contribution in [3.63, 3.8) is 0 Å². The largest absolute Gasteiger partial charge is 0.492 e. The van der Waals surface area contributed by atoms with E-state index in [0.29, 0.717) is 17.6 Å². The molecule has 0 aromatic heterocycles. The monoisotopic (exact) mass is 319 g/mol. The molecule has 1 aromatic rings. The minimum absolute atomic E-state index is 0.0929. The molecule has 0 amide bonds. The van der Waals surface area contributed by atoms with Crippen LogP contribution in [0.3, 0.4) is 0 Å². The fourth-order valence-electron chi connectivity index (χ4n) is 1.95. The Bertz CT molecular complexity index is 543. The van der Waals surface area contributed by atoms with Crippen LogP contribution in [0.4, 0.5) is 5.69 Å². The molecule has 1 atom stereocenters. The molecule has 23 heavy (non-hydrogen) atoms. The molecule has 7 heteroatoms. The number of nitrogen functional groups attached to an aromatic ring is 1. The fraction of sp³-hybridized carbons (Fsp3) is 0.500. The van der Waals surface area contributed by atoms with Crippen molar-refractivity contribution in [2.45, 2.75) is 45.8 Å². The Labute approximate surface area is 138 Å². The van der Waals surface area contributed by atoms with Crippen LogP contribution in [0, 0.1) is 6.92 Å². The fourth-order valence-corrected chi connectivity index (χ4v) is 1.95. The van der Waals surface area contributed by atoms with Crippen LogP contribution in [0.15, 0.2) is 18.2 Å². The lowest BCUT2D eigenvalue weighted by molar-refractivity contribution is -0.155. The third kappa shape index (κ3) is 7.69. The minimum atomic E-state index is -0.551. The van der Waals surface area contributed by atoms with Crippen molar-refractivity contribution >= 4 is 25.3 Å². The van der Waals surface area contributed by atoms with Gasteiger partial charge < -0.3 is 25.2 Å². The summed E-state index contributed by atoms with van der Waals surface area (Å²) in [6.07, 6.45) is 0.714. The summed E-state index contributed by atoms with van der Waals surface area (Å²) in [7, 11) is 1.24. The van der Waals surface area contributed by atoms with E-state index in [1.807, 2.05) is 13.0 Å². The molecule has 3 N–H and O–H groups in total. The van der Waals surface area contributed by atoms with Crippen LogP contribution in [0.2, 0.25) is 0 Å². The van der Waals surface area contributed by atoms with Crippen molar-refractivity contribution < 1.29 is 19.1 Å². The molecule has 1 radical (unpaired) electrons. The molecule has 0 unspecified atom stereocenters. The summed E-state index contributed by atoms with van der Waals surface area (Å²) in [5.41, 5.74) is 6.71. The molecule has 0 saturated heterocycles. The highest BCUT2D eigenvalue weighted by atomic mass is 16.6. The highest BCUT2D eigenvalue weighted by Gasteiger charge is 2.21. The Balaban J connectivity index is 2.63. The van der Waals surface area contributed by atoms with E-state index in [1.54, 1.807) is 32.9 Å². The topological polar surface area (TPSA) is 90.7 Å². The number of hydrogen-bond acceptors (Lipinski definition) is 6. The maximum atomic E-state index is 11.9. The predicted molar refractivity (Wildman–Crippen MR) is 91.0 cm³/mol. The standard InChI is InChI=1S/C16H24BN2O4/c1-11-7-12(18)5-6-14(11)22-9-13(19-17-10-20)8-15(21)23-16(2,3)4/h5-7,10,13,19H,8-9,18H2,1-4H3/t13-/m1/s1. The SMILES string of the molecule is Cc1cc(N)ccc1OC[C@@H](CC(=O)OC(C)(C)C)N[B]C=O. The first kappa shape index (κ1) is 19.0. The third-order valence-electron chi connectivity index (χ3n) is 2.87. The van der Waals surface area contributed by atoms with Crippen LogP contribution in [0.5, 0.6) is 5.75 Å². The van der Waals surface area contributed by atoms with Gasteiger partial charge in [0, 0.05) is 11.7 Å². The average molecular weight is 319 g/mol. The number of ether oxygens (including phenoxy) is 2. The van der Waals surface area contributed by atoms with Gasteiger partial charge in [-0.1, -0.05) is 0 Å². The zero-order valence-corrected chi connectivity index (χ0v) is 14.1. The molecule has 0 bridgehead atoms. The second kappa shape index (κ2) is 8.57. The van der Waals surface area contributed by atoms with Gasteiger partial charge in [-0.3, -0.25) is 4.79 Å². The van der Waals surface area contributed by atoms with Crippen molar-refractivity contribution in [1.82, 2.24) is 5.23 Å². The normalized spacial score (nSPS) is 12.3. The molecule has 0 saturated carbocycles. The summed E-state index contributed by atoms with van der Waals surface area (Å²) in [6.45, 7) is 7.52. The van der Waals surface area contributed by atoms with Gasteiger partial charge >= 0.3 is 5.97 Å². The predicted octanol–water partition coefficient (Wildman–Crippen LogP) is 1.46. The number of nitrogens with one attached hydrogen (secondary N) is 1. The van der Waals surface area contributed by atoms with E-state index in [0.717, 1.165) is 5.56 Å². The smallest absolute Gasteiger partial charge is 0.307 e. The van der Waals surface area contributed by atoms with Crippen molar-refractivity contribution in [2.24, 2.45) is 0 Å². The zero-order chi connectivity index (χ0) is 17.5. The number of benzene rings is 1.